The molecule has 0 aliphatic heterocycles. The van der Waals surface area contributed by atoms with E-state index >= 15 is 0 Å². The smallest absolute Gasteiger partial charge is 0.329 e. The molecule has 6 nitrogen and oxygen atoms in total. The van der Waals surface area contributed by atoms with E-state index in [2.05, 4.69) is 5.32 Å². The van der Waals surface area contributed by atoms with Gasteiger partial charge in [-0.05, 0) is 101 Å². The third-order valence-electron chi connectivity index (χ3n) is 4.08. The first-order valence-corrected chi connectivity index (χ1v) is 11.3. The van der Waals surface area contributed by atoms with Crippen molar-refractivity contribution in [1.82, 2.24) is 5.32 Å². The van der Waals surface area contributed by atoms with Crippen LogP contribution in [-0.4, -0.2) is 34.2 Å². The van der Waals surface area contributed by atoms with Crippen molar-refractivity contribution < 1.29 is 24.5 Å². The average molecular weight is 623 g/mol. The number of hydrogen-bond donors (Lipinski definition) is 3. The highest BCUT2D eigenvalue weighted by Gasteiger charge is 2.24. The second-order valence-corrected chi connectivity index (χ2v) is 9.21. The van der Waals surface area contributed by atoms with Crippen LogP contribution in [-0.2, 0) is 27.2 Å². The lowest BCUT2D eigenvalue weighted by atomic mass is 10.0. The van der Waals surface area contributed by atoms with E-state index in [1.54, 1.807) is 44.2 Å². The van der Waals surface area contributed by atoms with Crippen LogP contribution in [0.2, 0.25) is 0 Å². The fourth-order valence-corrected chi connectivity index (χ4v) is 3.81. The van der Waals surface area contributed by atoms with Gasteiger partial charge in [-0.15, -0.1) is 0 Å². The molecule has 0 aromatic heterocycles. The number of ether oxygens (including phenoxy) is 1. The molecule has 3 N–H and O–H groups in total. The van der Waals surface area contributed by atoms with Gasteiger partial charge in [-0.3, -0.25) is 4.79 Å². The van der Waals surface area contributed by atoms with E-state index in [1.165, 1.54) is 0 Å². The quantitative estimate of drug-likeness (QED) is 0.307. The first-order valence-electron chi connectivity index (χ1n) is 9.10. The number of nitrogens with one attached hydrogen (secondary N) is 1. The molecule has 0 fully saturated rings. The van der Waals surface area contributed by atoms with Crippen LogP contribution in [0.25, 0.3) is 0 Å². The highest BCUT2D eigenvalue weighted by molar-refractivity contribution is 14.1. The topological polar surface area (TPSA) is 95.9 Å². The van der Waals surface area contributed by atoms with E-state index in [-0.39, 0.29) is 36.4 Å². The second-order valence-electron chi connectivity index (χ2n) is 6.88. The van der Waals surface area contributed by atoms with Crippen molar-refractivity contribution >= 4 is 57.1 Å². The Hall–Kier alpha value is -1.56. The van der Waals surface area contributed by atoms with Gasteiger partial charge in [-0.2, -0.15) is 0 Å². The van der Waals surface area contributed by atoms with Gasteiger partial charge in [0.25, 0.3) is 0 Å². The van der Waals surface area contributed by atoms with Crippen molar-refractivity contribution in [3.05, 3.63) is 54.7 Å². The summed E-state index contributed by atoms with van der Waals surface area (Å²) in [5, 5.41) is 22.0. The lowest BCUT2D eigenvalue weighted by Gasteiger charge is -2.19. The maximum atomic E-state index is 12.5. The van der Waals surface area contributed by atoms with Gasteiger partial charge in [0.1, 0.15) is 17.5 Å². The van der Waals surface area contributed by atoms with Crippen LogP contribution in [0.5, 0.6) is 11.5 Å². The van der Waals surface area contributed by atoms with E-state index < -0.39 is 12.0 Å². The van der Waals surface area contributed by atoms with Crippen LogP contribution in [0.1, 0.15) is 31.4 Å². The third-order valence-corrected chi connectivity index (χ3v) is 5.80. The Kier molecular flexibility index (Phi) is 9.00. The van der Waals surface area contributed by atoms with Gasteiger partial charge >= 0.3 is 5.97 Å². The number of carbonyl (C=O) groups is 2. The summed E-state index contributed by atoms with van der Waals surface area (Å²) >= 11 is 4.05. The predicted molar refractivity (Wildman–Crippen MR) is 127 cm³/mol. The minimum absolute atomic E-state index is 0.170. The number of esters is 1. The number of carbonyl (C=O) groups excluding carboxylic acids is 2. The highest BCUT2D eigenvalue weighted by Crippen LogP contribution is 2.22. The first-order chi connectivity index (χ1) is 13.7. The number of benzene rings is 2. The van der Waals surface area contributed by atoms with Crippen molar-refractivity contribution in [1.29, 1.82) is 0 Å². The van der Waals surface area contributed by atoms with Crippen LogP contribution in [0, 0.1) is 7.14 Å². The Balaban J connectivity index is 2.04. The number of rotatable bonds is 8. The molecule has 8 heteroatoms. The molecule has 0 saturated heterocycles. The van der Waals surface area contributed by atoms with Crippen LogP contribution in [0.4, 0.5) is 0 Å². The molecule has 29 heavy (non-hydrogen) atoms. The lowest BCUT2D eigenvalue weighted by molar-refractivity contribution is -0.151. The molecule has 2 aromatic rings. The molecular formula is C21H23I2NO5. The molecule has 0 heterocycles. The van der Waals surface area contributed by atoms with E-state index in [4.69, 9.17) is 4.74 Å². The number of aryl methyl sites for hydroxylation is 1. The average Bonchev–Trinajstić information content (AvgIpc) is 2.64. The molecule has 2 rings (SSSR count). The lowest BCUT2D eigenvalue weighted by Crippen LogP contribution is -2.44. The minimum Gasteiger partial charge on any atom is -0.507 e. The summed E-state index contributed by atoms with van der Waals surface area (Å²) in [5.74, 6) is -0.370. The van der Waals surface area contributed by atoms with Crippen molar-refractivity contribution in [3.8, 4) is 11.5 Å². The molecule has 1 atom stereocenters. The number of amides is 1. The molecule has 0 aliphatic carbocycles. The zero-order valence-electron chi connectivity index (χ0n) is 16.1. The number of phenols is 2. The number of halogens is 2. The molecule has 1 unspecified atom stereocenters. The maximum absolute atomic E-state index is 12.5. The van der Waals surface area contributed by atoms with Crippen LogP contribution < -0.4 is 5.32 Å². The maximum Gasteiger partial charge on any atom is 0.329 e. The van der Waals surface area contributed by atoms with E-state index in [9.17, 15) is 19.8 Å². The normalized spacial score (nSPS) is 11.9. The SMILES string of the molecule is CC(C)OC(=O)C(Cc1ccc(O)c(I)c1)NC(=O)CCc1ccc(O)c(I)c1. The molecule has 0 aliphatic rings. The summed E-state index contributed by atoms with van der Waals surface area (Å²) in [7, 11) is 0. The molecule has 156 valence electrons. The first kappa shape index (κ1) is 23.7. The third kappa shape index (κ3) is 7.65. The largest absolute Gasteiger partial charge is 0.507 e. The van der Waals surface area contributed by atoms with Gasteiger partial charge in [0.2, 0.25) is 5.91 Å². The number of aromatic hydroxyl groups is 2. The standard InChI is InChI=1S/C21H23I2NO5/c1-12(2)29-21(28)17(11-14-4-7-19(26)16(23)10-14)24-20(27)8-5-13-3-6-18(25)15(22)9-13/h3-4,6-7,9-10,12,17,25-26H,5,8,11H2,1-2H3,(H,24,27). The highest BCUT2D eigenvalue weighted by atomic mass is 127. The molecule has 0 spiro atoms. The Morgan fingerprint density at radius 2 is 1.55 bits per heavy atom. The predicted octanol–water partition coefficient (Wildman–Crippen LogP) is 3.92. The van der Waals surface area contributed by atoms with Crippen molar-refractivity contribution in [2.45, 2.75) is 45.3 Å². The summed E-state index contributed by atoms with van der Waals surface area (Å²) < 4.78 is 6.69. The number of hydrogen-bond acceptors (Lipinski definition) is 5. The Labute approximate surface area is 197 Å². The molecule has 2 aromatic carbocycles. The fraction of sp³-hybridized carbons (Fsp3) is 0.333. The molecular weight excluding hydrogens is 600 g/mol. The molecule has 0 bridgehead atoms. The zero-order chi connectivity index (χ0) is 21.6. The van der Waals surface area contributed by atoms with Crippen molar-refractivity contribution in [2.75, 3.05) is 0 Å². The van der Waals surface area contributed by atoms with Gasteiger partial charge in [-0.25, -0.2) is 4.79 Å². The van der Waals surface area contributed by atoms with Gasteiger partial charge in [0, 0.05) is 12.8 Å². The Bertz CT molecular complexity index is 885. The summed E-state index contributed by atoms with van der Waals surface area (Å²) in [4.78, 5) is 25.0. The fourth-order valence-electron chi connectivity index (χ4n) is 2.65. The summed E-state index contributed by atoms with van der Waals surface area (Å²) in [6.45, 7) is 3.51. The minimum atomic E-state index is -0.815. The summed E-state index contributed by atoms with van der Waals surface area (Å²) in [6, 6.07) is 9.44. The van der Waals surface area contributed by atoms with E-state index in [0.29, 0.717) is 9.99 Å². The summed E-state index contributed by atoms with van der Waals surface area (Å²) in [5.41, 5.74) is 1.74. The van der Waals surface area contributed by atoms with Gasteiger partial charge in [0.05, 0.1) is 13.2 Å². The second kappa shape index (κ2) is 11.0. The van der Waals surface area contributed by atoms with Crippen LogP contribution >= 0.6 is 45.2 Å². The van der Waals surface area contributed by atoms with E-state index in [0.717, 1.165) is 14.7 Å². The summed E-state index contributed by atoms with van der Waals surface area (Å²) in [6.07, 6.45) is 0.677. The molecule has 1 amide bonds. The van der Waals surface area contributed by atoms with Gasteiger partial charge < -0.3 is 20.3 Å². The van der Waals surface area contributed by atoms with Gasteiger partial charge in [-0.1, -0.05) is 12.1 Å². The van der Waals surface area contributed by atoms with E-state index in [1.807, 2.05) is 51.2 Å². The van der Waals surface area contributed by atoms with Crippen LogP contribution in [0.3, 0.4) is 0 Å². The van der Waals surface area contributed by atoms with Crippen molar-refractivity contribution in [3.63, 3.8) is 0 Å². The van der Waals surface area contributed by atoms with Crippen molar-refractivity contribution in [2.24, 2.45) is 0 Å². The number of phenolic OH excluding ortho intramolecular Hbond substituents is 2. The van der Waals surface area contributed by atoms with Gasteiger partial charge in [0.15, 0.2) is 0 Å². The monoisotopic (exact) mass is 623 g/mol. The van der Waals surface area contributed by atoms with Crippen LogP contribution in [0.15, 0.2) is 36.4 Å². The molecule has 0 radical (unpaired) electrons. The zero-order valence-corrected chi connectivity index (χ0v) is 20.4. The Morgan fingerprint density at radius 1 is 1.00 bits per heavy atom. The Morgan fingerprint density at radius 3 is 2.10 bits per heavy atom. The molecule has 0 saturated carbocycles.